The number of halogens is 2. The lowest BCUT2D eigenvalue weighted by Gasteiger charge is -2.20. The van der Waals surface area contributed by atoms with E-state index in [9.17, 15) is 8.42 Å². The summed E-state index contributed by atoms with van der Waals surface area (Å²) in [5.74, 6) is -0.0170. The summed E-state index contributed by atoms with van der Waals surface area (Å²) in [5, 5.41) is 3.41. The Morgan fingerprint density at radius 2 is 2.11 bits per heavy atom. The average molecular weight is 327 g/mol. The van der Waals surface area contributed by atoms with Crippen LogP contribution in [0.15, 0.2) is 17.2 Å². The zero-order valence-corrected chi connectivity index (χ0v) is 12.6. The molecular weight excluding hydrogens is 311 g/mol. The standard InChI is InChI=1S/C10H15ClN4O2S.ClH/c11-8-6-9(10(12)14-7-8)18(16,17)15-4-1-2-13-3-5-15;/h6-7,13H,1-5H2,(H2,12,14);1H. The van der Waals surface area contributed by atoms with Crippen LogP contribution in [-0.4, -0.2) is 43.9 Å². The first-order valence-corrected chi connectivity index (χ1v) is 7.45. The highest BCUT2D eigenvalue weighted by atomic mass is 35.5. The topological polar surface area (TPSA) is 88.3 Å². The monoisotopic (exact) mass is 326 g/mol. The molecule has 3 N–H and O–H groups in total. The van der Waals surface area contributed by atoms with Crippen LogP contribution in [-0.2, 0) is 10.0 Å². The van der Waals surface area contributed by atoms with E-state index in [2.05, 4.69) is 10.3 Å². The van der Waals surface area contributed by atoms with Crippen LogP contribution in [0.3, 0.4) is 0 Å². The second kappa shape index (κ2) is 6.71. The van der Waals surface area contributed by atoms with E-state index in [4.69, 9.17) is 17.3 Å². The van der Waals surface area contributed by atoms with Crippen molar-refractivity contribution in [2.24, 2.45) is 0 Å². The fraction of sp³-hybridized carbons (Fsp3) is 0.500. The number of aromatic nitrogens is 1. The zero-order valence-electron chi connectivity index (χ0n) is 10.2. The molecule has 1 aromatic rings. The molecule has 6 nitrogen and oxygen atoms in total. The van der Waals surface area contributed by atoms with Gasteiger partial charge >= 0.3 is 0 Å². The largest absolute Gasteiger partial charge is 0.383 e. The molecule has 0 saturated carbocycles. The number of hydrogen-bond donors (Lipinski definition) is 2. The Bertz CT molecular complexity index is 530. The summed E-state index contributed by atoms with van der Waals surface area (Å²) < 4.78 is 26.3. The number of anilines is 1. The Morgan fingerprint density at radius 3 is 2.84 bits per heavy atom. The number of nitrogens with one attached hydrogen (secondary N) is 1. The van der Waals surface area contributed by atoms with E-state index in [-0.39, 0.29) is 28.1 Å². The van der Waals surface area contributed by atoms with E-state index in [0.29, 0.717) is 19.6 Å². The molecule has 1 saturated heterocycles. The van der Waals surface area contributed by atoms with Crippen LogP contribution in [0.2, 0.25) is 5.02 Å². The van der Waals surface area contributed by atoms with Crippen molar-refractivity contribution in [1.29, 1.82) is 0 Å². The molecule has 2 rings (SSSR count). The van der Waals surface area contributed by atoms with Crippen molar-refractivity contribution < 1.29 is 8.42 Å². The molecule has 1 fully saturated rings. The van der Waals surface area contributed by atoms with Crippen molar-refractivity contribution in [2.75, 3.05) is 31.9 Å². The van der Waals surface area contributed by atoms with Crippen LogP contribution in [0.1, 0.15) is 6.42 Å². The van der Waals surface area contributed by atoms with Crippen molar-refractivity contribution in [1.82, 2.24) is 14.6 Å². The van der Waals surface area contributed by atoms with Crippen molar-refractivity contribution in [2.45, 2.75) is 11.3 Å². The van der Waals surface area contributed by atoms with Crippen molar-refractivity contribution in [3.05, 3.63) is 17.3 Å². The lowest BCUT2D eigenvalue weighted by atomic mass is 10.4. The summed E-state index contributed by atoms with van der Waals surface area (Å²) in [7, 11) is -3.62. The Kier molecular flexibility index (Phi) is 5.82. The van der Waals surface area contributed by atoms with Crippen LogP contribution in [0, 0.1) is 0 Å². The number of nitrogens with zero attached hydrogens (tertiary/aromatic N) is 2. The van der Waals surface area contributed by atoms with Gasteiger partial charge in [0.05, 0.1) is 5.02 Å². The van der Waals surface area contributed by atoms with Gasteiger partial charge in [0.1, 0.15) is 10.7 Å². The second-order valence-electron chi connectivity index (χ2n) is 4.04. The maximum atomic E-state index is 12.4. The first-order chi connectivity index (χ1) is 8.51. The zero-order chi connectivity index (χ0) is 13.2. The lowest BCUT2D eigenvalue weighted by molar-refractivity contribution is 0.432. The van der Waals surface area contributed by atoms with E-state index in [1.165, 1.54) is 16.6 Å². The maximum absolute atomic E-state index is 12.4. The fourth-order valence-electron chi connectivity index (χ4n) is 1.84. The van der Waals surface area contributed by atoms with Gasteiger partial charge in [0.15, 0.2) is 0 Å². The molecule has 108 valence electrons. The highest BCUT2D eigenvalue weighted by molar-refractivity contribution is 7.89. The van der Waals surface area contributed by atoms with E-state index >= 15 is 0 Å². The van der Waals surface area contributed by atoms with Gasteiger partial charge in [-0.25, -0.2) is 13.4 Å². The summed E-state index contributed by atoms with van der Waals surface area (Å²) >= 11 is 5.78. The van der Waals surface area contributed by atoms with Crippen LogP contribution in [0.5, 0.6) is 0 Å². The molecule has 19 heavy (non-hydrogen) atoms. The number of rotatable bonds is 2. The maximum Gasteiger partial charge on any atom is 0.246 e. The van der Waals surface area contributed by atoms with Crippen LogP contribution >= 0.6 is 24.0 Å². The first kappa shape index (κ1) is 16.5. The molecule has 0 unspecified atom stereocenters. The highest BCUT2D eigenvalue weighted by Crippen LogP contribution is 2.24. The third-order valence-electron chi connectivity index (χ3n) is 2.77. The molecule has 9 heteroatoms. The second-order valence-corrected chi connectivity index (χ2v) is 6.39. The Hall–Kier alpha value is -0.600. The first-order valence-electron chi connectivity index (χ1n) is 5.64. The van der Waals surface area contributed by atoms with Crippen molar-refractivity contribution in [3.8, 4) is 0 Å². The highest BCUT2D eigenvalue weighted by Gasteiger charge is 2.27. The quantitative estimate of drug-likeness (QED) is 0.836. The SMILES string of the molecule is Cl.Nc1ncc(Cl)cc1S(=O)(=O)N1CCCNCC1. The third kappa shape index (κ3) is 3.70. The Balaban J connectivity index is 0.00000180. The minimum absolute atomic E-state index is 0. The van der Waals surface area contributed by atoms with Gasteiger partial charge in [0.2, 0.25) is 10.0 Å². The van der Waals surface area contributed by atoms with E-state index in [0.717, 1.165) is 13.0 Å². The Labute approximate surface area is 123 Å². The van der Waals surface area contributed by atoms with Crippen LogP contribution in [0.4, 0.5) is 5.82 Å². The number of pyridine rings is 1. The Morgan fingerprint density at radius 1 is 1.37 bits per heavy atom. The third-order valence-corrected chi connectivity index (χ3v) is 4.90. The molecule has 0 spiro atoms. The molecule has 1 aliphatic heterocycles. The molecule has 1 aromatic heterocycles. The van der Waals surface area contributed by atoms with Gasteiger partial charge in [0.25, 0.3) is 0 Å². The predicted molar refractivity (Wildman–Crippen MR) is 77.2 cm³/mol. The fourth-order valence-corrected chi connectivity index (χ4v) is 3.63. The molecule has 0 amide bonds. The number of hydrogen-bond acceptors (Lipinski definition) is 5. The van der Waals surface area contributed by atoms with Gasteiger partial charge in [-0.1, -0.05) is 11.6 Å². The van der Waals surface area contributed by atoms with Crippen molar-refractivity contribution >= 4 is 39.8 Å². The molecule has 2 heterocycles. The summed E-state index contributed by atoms with van der Waals surface area (Å²) in [5.41, 5.74) is 5.63. The number of sulfonamides is 1. The van der Waals surface area contributed by atoms with Gasteiger partial charge in [-0.05, 0) is 19.0 Å². The number of nitrogens with two attached hydrogens (primary N) is 1. The van der Waals surface area contributed by atoms with E-state index in [1.54, 1.807) is 0 Å². The van der Waals surface area contributed by atoms with Crippen LogP contribution in [0.25, 0.3) is 0 Å². The van der Waals surface area contributed by atoms with Gasteiger partial charge in [0, 0.05) is 25.8 Å². The van der Waals surface area contributed by atoms with E-state index < -0.39 is 10.0 Å². The molecular formula is C10H16Cl2N4O2S. The predicted octanol–water partition coefficient (Wildman–Crippen LogP) is 0.723. The van der Waals surface area contributed by atoms with Gasteiger partial charge in [-0.2, -0.15) is 4.31 Å². The summed E-state index contributed by atoms with van der Waals surface area (Å²) in [4.78, 5) is 3.77. The summed E-state index contributed by atoms with van der Waals surface area (Å²) in [6.45, 7) is 2.35. The smallest absolute Gasteiger partial charge is 0.246 e. The van der Waals surface area contributed by atoms with E-state index in [1.807, 2.05) is 0 Å². The molecule has 0 aromatic carbocycles. The normalized spacial score (nSPS) is 17.5. The molecule has 0 atom stereocenters. The van der Waals surface area contributed by atoms with Gasteiger partial charge < -0.3 is 11.1 Å². The lowest BCUT2D eigenvalue weighted by Crippen LogP contribution is -2.34. The summed E-state index contributed by atoms with van der Waals surface area (Å²) in [6, 6.07) is 1.34. The van der Waals surface area contributed by atoms with Crippen molar-refractivity contribution in [3.63, 3.8) is 0 Å². The number of nitrogen functional groups attached to an aromatic ring is 1. The summed E-state index contributed by atoms with van der Waals surface area (Å²) in [6.07, 6.45) is 2.10. The molecule has 0 aliphatic carbocycles. The van der Waals surface area contributed by atoms with Gasteiger partial charge in [-0.3, -0.25) is 0 Å². The van der Waals surface area contributed by atoms with Crippen LogP contribution < -0.4 is 11.1 Å². The minimum atomic E-state index is -3.62. The molecule has 0 bridgehead atoms. The average Bonchev–Trinajstić information content (AvgIpc) is 2.61. The molecule has 1 aliphatic rings. The van der Waals surface area contributed by atoms with Gasteiger partial charge in [-0.15, -0.1) is 12.4 Å². The minimum Gasteiger partial charge on any atom is -0.383 e. The molecule has 0 radical (unpaired) electrons.